The minimum atomic E-state index is -0.241. The summed E-state index contributed by atoms with van der Waals surface area (Å²) in [5.41, 5.74) is 8.67. The molecule has 0 saturated carbocycles. The molecule has 0 amide bonds. The largest absolute Gasteiger partial charge is 0.303 e. The molecule has 2 aliphatic heterocycles. The SMILES string of the molecule is CCCCN1CCC(c2ccc3c(c2)CN(n2nc(C(C)C)c4cccc(F)c42)N3)CC1. The molecule has 3 aromatic rings. The predicted octanol–water partition coefficient (Wildman–Crippen LogP) is 5.76. The van der Waals surface area contributed by atoms with Crippen LogP contribution >= 0.6 is 0 Å². The van der Waals surface area contributed by atoms with E-state index in [1.165, 1.54) is 62.5 Å². The van der Waals surface area contributed by atoms with Gasteiger partial charge in [0.15, 0.2) is 5.82 Å². The number of anilines is 1. The van der Waals surface area contributed by atoms with Gasteiger partial charge in [-0.1, -0.05) is 51.5 Å². The summed E-state index contributed by atoms with van der Waals surface area (Å²) >= 11 is 0. The van der Waals surface area contributed by atoms with Crippen LogP contribution in [0.5, 0.6) is 0 Å². The van der Waals surface area contributed by atoms with Crippen molar-refractivity contribution in [1.82, 2.24) is 14.8 Å². The highest BCUT2D eigenvalue weighted by Crippen LogP contribution is 2.34. The first-order valence-electron chi connectivity index (χ1n) is 12.1. The summed E-state index contributed by atoms with van der Waals surface area (Å²) in [6.07, 6.45) is 5.02. The maximum atomic E-state index is 14.8. The van der Waals surface area contributed by atoms with E-state index < -0.39 is 0 Å². The third kappa shape index (κ3) is 3.85. The molecule has 0 unspecified atom stereocenters. The molecule has 3 heterocycles. The van der Waals surface area contributed by atoms with Crippen molar-refractivity contribution in [3.05, 3.63) is 59.0 Å². The Morgan fingerprint density at radius 1 is 1.16 bits per heavy atom. The van der Waals surface area contributed by atoms with E-state index in [9.17, 15) is 4.39 Å². The van der Waals surface area contributed by atoms with E-state index in [1.807, 2.05) is 11.2 Å². The van der Waals surface area contributed by atoms with Gasteiger partial charge in [-0.2, -0.15) is 9.89 Å². The Hall–Kier alpha value is -2.60. The second-order valence-electron chi connectivity index (χ2n) is 9.62. The zero-order chi connectivity index (χ0) is 22.2. The van der Waals surface area contributed by atoms with Crippen LogP contribution in [0.15, 0.2) is 36.4 Å². The van der Waals surface area contributed by atoms with Crippen molar-refractivity contribution in [3.63, 3.8) is 0 Å². The van der Waals surface area contributed by atoms with Crippen molar-refractivity contribution in [3.8, 4) is 0 Å². The maximum absolute atomic E-state index is 14.8. The van der Waals surface area contributed by atoms with E-state index in [0.29, 0.717) is 18.0 Å². The number of piperidine rings is 1. The molecule has 0 atom stereocenters. The first-order valence-corrected chi connectivity index (χ1v) is 12.1. The predicted molar refractivity (Wildman–Crippen MR) is 129 cm³/mol. The smallest absolute Gasteiger partial charge is 0.151 e. The molecule has 0 bridgehead atoms. The topological polar surface area (TPSA) is 36.3 Å². The van der Waals surface area contributed by atoms with E-state index in [4.69, 9.17) is 5.10 Å². The second-order valence-corrected chi connectivity index (χ2v) is 9.62. The second kappa shape index (κ2) is 8.74. The number of nitrogens with zero attached hydrogens (tertiary/aromatic N) is 4. The number of rotatable bonds is 6. The van der Waals surface area contributed by atoms with Crippen molar-refractivity contribution in [2.45, 2.75) is 64.8 Å². The lowest BCUT2D eigenvalue weighted by Crippen LogP contribution is -2.36. The van der Waals surface area contributed by atoms with Gasteiger partial charge in [0.1, 0.15) is 5.52 Å². The van der Waals surface area contributed by atoms with E-state index in [2.05, 4.69) is 49.3 Å². The summed E-state index contributed by atoms with van der Waals surface area (Å²) in [6, 6.07) is 12.0. The normalized spacial score (nSPS) is 17.3. The zero-order valence-corrected chi connectivity index (χ0v) is 19.4. The molecule has 0 radical (unpaired) electrons. The molecule has 1 saturated heterocycles. The Balaban J connectivity index is 1.36. The van der Waals surface area contributed by atoms with Crippen LogP contribution in [0.4, 0.5) is 10.1 Å². The summed E-state index contributed by atoms with van der Waals surface area (Å²) in [7, 11) is 0. The van der Waals surface area contributed by atoms with Gasteiger partial charge in [-0.25, -0.2) is 9.51 Å². The molecule has 2 aliphatic rings. The number of likely N-dealkylation sites (tertiary alicyclic amines) is 1. The van der Waals surface area contributed by atoms with Gasteiger partial charge in [0.05, 0.1) is 17.9 Å². The molecule has 5 nitrogen and oxygen atoms in total. The fourth-order valence-corrected chi connectivity index (χ4v) is 5.17. The van der Waals surface area contributed by atoms with Gasteiger partial charge in [-0.05, 0) is 68.4 Å². The highest BCUT2D eigenvalue weighted by Gasteiger charge is 2.27. The van der Waals surface area contributed by atoms with Crippen LogP contribution in [0.1, 0.15) is 75.1 Å². The van der Waals surface area contributed by atoms with Crippen LogP contribution < -0.4 is 10.5 Å². The Morgan fingerprint density at radius 2 is 1.97 bits per heavy atom. The van der Waals surface area contributed by atoms with Crippen molar-refractivity contribution in [2.24, 2.45) is 0 Å². The Bertz CT molecular complexity index is 1100. The van der Waals surface area contributed by atoms with Crippen LogP contribution in [0, 0.1) is 5.82 Å². The van der Waals surface area contributed by atoms with Crippen molar-refractivity contribution >= 4 is 16.6 Å². The summed E-state index contributed by atoms with van der Waals surface area (Å²) < 4.78 is 14.8. The molecule has 1 fully saturated rings. The minimum absolute atomic E-state index is 0.223. The number of aromatic nitrogens is 2. The van der Waals surface area contributed by atoms with Crippen LogP contribution in [-0.2, 0) is 6.54 Å². The number of para-hydroxylation sites is 1. The maximum Gasteiger partial charge on any atom is 0.151 e. The van der Waals surface area contributed by atoms with Gasteiger partial charge in [-0.3, -0.25) is 5.43 Å². The number of nitrogens with one attached hydrogen (secondary N) is 1. The molecule has 170 valence electrons. The fraction of sp³-hybridized carbons (Fsp3) is 0.500. The Morgan fingerprint density at radius 3 is 2.72 bits per heavy atom. The van der Waals surface area contributed by atoms with E-state index in [0.717, 1.165) is 16.8 Å². The van der Waals surface area contributed by atoms with E-state index in [1.54, 1.807) is 10.9 Å². The molecule has 1 N–H and O–H groups in total. The first kappa shape index (κ1) is 21.3. The first-order chi connectivity index (χ1) is 15.5. The molecular formula is C26H34FN5. The van der Waals surface area contributed by atoms with Crippen LogP contribution in [0.2, 0.25) is 0 Å². The fourth-order valence-electron chi connectivity index (χ4n) is 5.17. The third-order valence-electron chi connectivity index (χ3n) is 7.03. The van der Waals surface area contributed by atoms with Crippen LogP contribution in [-0.4, -0.2) is 34.4 Å². The number of unbranched alkanes of at least 4 members (excludes halogenated alkanes) is 1. The Labute approximate surface area is 190 Å². The Kier molecular flexibility index (Phi) is 5.80. The summed E-state index contributed by atoms with van der Waals surface area (Å²) in [6.45, 7) is 10.8. The quantitative estimate of drug-likeness (QED) is 0.534. The number of hydrogen-bond donors (Lipinski definition) is 1. The summed E-state index contributed by atoms with van der Waals surface area (Å²) in [5, 5.41) is 7.61. The molecule has 5 rings (SSSR count). The molecule has 0 spiro atoms. The standard InChI is InChI=1S/C26H34FN5/c1-4-5-13-30-14-11-19(12-15-30)20-9-10-24-21(16-20)17-31(28-24)32-26-22(7-6-8-23(26)27)25(29-32)18(2)3/h6-10,16,18-19,28H,4-5,11-15,17H2,1-3H3. The highest BCUT2D eigenvalue weighted by molar-refractivity contribution is 5.83. The monoisotopic (exact) mass is 435 g/mol. The number of benzene rings is 2. The van der Waals surface area contributed by atoms with Crippen LogP contribution in [0.3, 0.4) is 0 Å². The number of hydrazine groups is 1. The van der Waals surface area contributed by atoms with E-state index >= 15 is 0 Å². The van der Waals surface area contributed by atoms with E-state index in [-0.39, 0.29) is 11.7 Å². The molecule has 6 heteroatoms. The lowest BCUT2D eigenvalue weighted by atomic mass is 9.88. The molecule has 32 heavy (non-hydrogen) atoms. The zero-order valence-electron chi connectivity index (χ0n) is 19.4. The summed E-state index contributed by atoms with van der Waals surface area (Å²) in [4.78, 5) is 4.33. The summed E-state index contributed by atoms with van der Waals surface area (Å²) in [5.74, 6) is 0.609. The number of fused-ring (bicyclic) bond motifs is 2. The van der Waals surface area contributed by atoms with Gasteiger partial charge in [-0.15, -0.1) is 0 Å². The molecular weight excluding hydrogens is 401 g/mol. The van der Waals surface area contributed by atoms with Gasteiger partial charge < -0.3 is 4.90 Å². The average molecular weight is 436 g/mol. The average Bonchev–Trinajstić information content (AvgIpc) is 3.40. The van der Waals surface area contributed by atoms with Crippen molar-refractivity contribution in [1.29, 1.82) is 0 Å². The van der Waals surface area contributed by atoms with Gasteiger partial charge >= 0.3 is 0 Å². The van der Waals surface area contributed by atoms with Gasteiger partial charge in [0, 0.05) is 10.9 Å². The van der Waals surface area contributed by atoms with Crippen molar-refractivity contribution < 1.29 is 4.39 Å². The molecule has 1 aromatic heterocycles. The molecule has 0 aliphatic carbocycles. The highest BCUT2D eigenvalue weighted by atomic mass is 19.1. The lowest BCUT2D eigenvalue weighted by Gasteiger charge is -2.32. The molecule has 2 aromatic carbocycles. The van der Waals surface area contributed by atoms with Gasteiger partial charge in [0.2, 0.25) is 0 Å². The van der Waals surface area contributed by atoms with Gasteiger partial charge in [0.25, 0.3) is 0 Å². The van der Waals surface area contributed by atoms with Crippen molar-refractivity contribution in [2.75, 3.05) is 30.2 Å². The minimum Gasteiger partial charge on any atom is -0.303 e. The lowest BCUT2D eigenvalue weighted by molar-refractivity contribution is 0.209. The third-order valence-corrected chi connectivity index (χ3v) is 7.03. The number of halogens is 1. The van der Waals surface area contributed by atoms with Crippen LogP contribution in [0.25, 0.3) is 10.9 Å². The number of hydrogen-bond acceptors (Lipinski definition) is 4.